The molecule has 2 aromatic rings. The smallest absolute Gasteiger partial charge is 0.475 e. The number of carbonyl (C=O) groups is 3. The highest BCUT2D eigenvalue weighted by Crippen LogP contribution is 2.32. The lowest BCUT2D eigenvalue weighted by atomic mass is 10.2. The molecule has 2 aliphatic rings. The molecule has 1 aliphatic heterocycles. The van der Waals surface area contributed by atoms with Crippen LogP contribution in [0, 0.1) is 5.92 Å². The van der Waals surface area contributed by atoms with Gasteiger partial charge in [-0.05, 0) is 36.5 Å². The van der Waals surface area contributed by atoms with Crippen LogP contribution in [-0.4, -0.2) is 86.3 Å². The maximum Gasteiger partial charge on any atom is 0.490 e. The van der Waals surface area contributed by atoms with Gasteiger partial charge in [0.1, 0.15) is 5.82 Å². The molecule has 0 bridgehead atoms. The van der Waals surface area contributed by atoms with E-state index in [1.54, 1.807) is 0 Å². The Balaban J connectivity index is 0.000000363. The first kappa shape index (κ1) is 36.9. The van der Waals surface area contributed by atoms with Crippen LogP contribution in [0.25, 0.3) is 0 Å². The van der Waals surface area contributed by atoms with E-state index >= 15 is 0 Å². The number of anilines is 1. The summed E-state index contributed by atoms with van der Waals surface area (Å²) in [4.78, 5) is 40.6. The number of nitrogens with zero attached hydrogens (tertiary/aromatic N) is 4. The van der Waals surface area contributed by atoms with Gasteiger partial charge in [-0.2, -0.15) is 39.5 Å². The largest absolute Gasteiger partial charge is 0.490 e. The first-order chi connectivity index (χ1) is 19.7. The summed E-state index contributed by atoms with van der Waals surface area (Å²) in [5, 5.41) is 21.4. The number of carboxylic acid groups (broad SMARTS) is 3. The fourth-order valence-electron chi connectivity index (χ4n) is 3.21. The molecule has 1 fully saturated rings. The number of fused-ring (bicyclic) bond motifs is 1. The van der Waals surface area contributed by atoms with Crippen molar-refractivity contribution in [2.45, 2.75) is 44.5 Å². The number of carboxylic acids is 3. The van der Waals surface area contributed by atoms with Gasteiger partial charge >= 0.3 is 36.4 Å². The Hall–Kier alpha value is -4.16. The predicted octanol–water partition coefficient (Wildman–Crippen LogP) is 4.61. The SMILES string of the molecule is O=C(O)C(F)(F)F.O=C(O)C(F)(F)F.O=C(O)C(F)(F)F.c1cncc(CN2CCN(CC3CC3)Cc3cccnc32)c1. The number of pyridine rings is 2. The normalized spacial score (nSPS) is 15.1. The molecular formula is C24H25F9N4O6. The molecule has 0 unspecified atom stereocenters. The van der Waals surface area contributed by atoms with Gasteiger partial charge in [0.15, 0.2) is 0 Å². The number of halogens is 9. The first-order valence-corrected chi connectivity index (χ1v) is 11.9. The predicted molar refractivity (Wildman–Crippen MR) is 129 cm³/mol. The lowest BCUT2D eigenvalue weighted by Gasteiger charge is -2.23. The molecule has 1 aliphatic carbocycles. The fraction of sp³-hybridized carbons (Fsp3) is 0.458. The zero-order chi connectivity index (χ0) is 33.0. The van der Waals surface area contributed by atoms with E-state index in [4.69, 9.17) is 29.7 Å². The molecule has 0 saturated heterocycles. The van der Waals surface area contributed by atoms with Crippen molar-refractivity contribution in [1.82, 2.24) is 14.9 Å². The van der Waals surface area contributed by atoms with Gasteiger partial charge in [-0.15, -0.1) is 0 Å². The van der Waals surface area contributed by atoms with Gasteiger partial charge in [0.05, 0.1) is 0 Å². The number of aromatic nitrogens is 2. The second-order valence-corrected chi connectivity index (χ2v) is 8.86. The van der Waals surface area contributed by atoms with Gasteiger partial charge < -0.3 is 20.2 Å². The lowest BCUT2D eigenvalue weighted by Crippen LogP contribution is -2.32. The minimum atomic E-state index is -5.08. The van der Waals surface area contributed by atoms with Crippen LogP contribution >= 0.6 is 0 Å². The Morgan fingerprint density at radius 3 is 1.70 bits per heavy atom. The van der Waals surface area contributed by atoms with Crippen LogP contribution in [0.15, 0.2) is 42.9 Å². The summed E-state index contributed by atoms with van der Waals surface area (Å²) >= 11 is 0. The van der Waals surface area contributed by atoms with Gasteiger partial charge in [0, 0.05) is 56.9 Å². The highest BCUT2D eigenvalue weighted by Gasteiger charge is 2.39. The van der Waals surface area contributed by atoms with E-state index in [1.807, 2.05) is 24.7 Å². The molecule has 1 saturated carbocycles. The second kappa shape index (κ2) is 15.9. The monoisotopic (exact) mass is 636 g/mol. The Morgan fingerprint density at radius 1 is 0.791 bits per heavy atom. The standard InChI is InChI=1S/C18H22N4.3C2HF3O2/c1-3-16(11-19-7-1)13-22-10-9-21(12-15-5-6-15)14-17-4-2-8-20-18(17)22;3*3-2(4,5)1(6)7/h1-4,7-8,11,15H,5-6,9-10,12-14H2;3*(H,6,7). The fourth-order valence-corrected chi connectivity index (χ4v) is 3.21. The third kappa shape index (κ3) is 15.0. The molecule has 0 aromatic carbocycles. The quantitative estimate of drug-likeness (QED) is 0.407. The third-order valence-corrected chi connectivity index (χ3v) is 5.28. The highest BCUT2D eigenvalue weighted by molar-refractivity contribution is 5.73. The summed E-state index contributed by atoms with van der Waals surface area (Å²) in [7, 11) is 0. The number of hydrogen-bond donors (Lipinski definition) is 3. The van der Waals surface area contributed by atoms with E-state index in [1.165, 1.54) is 30.5 Å². The molecule has 240 valence electrons. The number of aliphatic carboxylic acids is 3. The Kier molecular flexibility index (Phi) is 13.6. The molecule has 0 atom stereocenters. The molecule has 3 N–H and O–H groups in total. The van der Waals surface area contributed by atoms with Crippen LogP contribution < -0.4 is 4.90 Å². The maximum absolute atomic E-state index is 10.6. The van der Waals surface area contributed by atoms with Crippen molar-refractivity contribution in [1.29, 1.82) is 0 Å². The summed E-state index contributed by atoms with van der Waals surface area (Å²) < 4.78 is 95.2. The lowest BCUT2D eigenvalue weighted by molar-refractivity contribution is -0.193. The summed E-state index contributed by atoms with van der Waals surface area (Å²) in [6.45, 7) is 5.31. The summed E-state index contributed by atoms with van der Waals surface area (Å²) in [6.07, 6.45) is -6.73. The van der Waals surface area contributed by atoms with Crippen molar-refractivity contribution in [3.05, 3.63) is 54.0 Å². The summed E-state index contributed by atoms with van der Waals surface area (Å²) in [5.41, 5.74) is 2.60. The average molecular weight is 636 g/mol. The molecule has 10 nitrogen and oxygen atoms in total. The molecule has 3 heterocycles. The first-order valence-electron chi connectivity index (χ1n) is 11.9. The van der Waals surface area contributed by atoms with Crippen molar-refractivity contribution in [3.8, 4) is 0 Å². The molecular weight excluding hydrogens is 611 g/mol. The van der Waals surface area contributed by atoms with Gasteiger partial charge in [-0.1, -0.05) is 12.1 Å². The zero-order valence-corrected chi connectivity index (χ0v) is 21.8. The van der Waals surface area contributed by atoms with Gasteiger partial charge in [0.25, 0.3) is 0 Å². The van der Waals surface area contributed by atoms with E-state index in [0.717, 1.165) is 37.9 Å². The minimum absolute atomic E-state index is 0.884. The van der Waals surface area contributed by atoms with Crippen LogP contribution in [0.1, 0.15) is 24.0 Å². The average Bonchev–Trinajstić information content (AvgIpc) is 3.72. The molecule has 4 rings (SSSR count). The number of alkyl halides is 9. The highest BCUT2D eigenvalue weighted by atomic mass is 19.4. The van der Waals surface area contributed by atoms with Crippen LogP contribution in [0.3, 0.4) is 0 Å². The van der Waals surface area contributed by atoms with E-state index in [2.05, 4.69) is 38.0 Å². The van der Waals surface area contributed by atoms with Gasteiger partial charge in [-0.25, -0.2) is 19.4 Å². The number of hydrogen-bond acceptors (Lipinski definition) is 7. The van der Waals surface area contributed by atoms with E-state index < -0.39 is 36.4 Å². The summed E-state index contributed by atoms with van der Waals surface area (Å²) in [5.74, 6) is -6.19. The molecule has 0 amide bonds. The van der Waals surface area contributed by atoms with Crippen molar-refractivity contribution in [3.63, 3.8) is 0 Å². The minimum Gasteiger partial charge on any atom is -0.475 e. The molecule has 0 radical (unpaired) electrons. The maximum atomic E-state index is 10.6. The Labute approximate surface area is 237 Å². The van der Waals surface area contributed by atoms with Gasteiger partial charge in [-0.3, -0.25) is 9.88 Å². The Bertz CT molecular complexity index is 1130. The van der Waals surface area contributed by atoms with Crippen LogP contribution in [0.2, 0.25) is 0 Å². The Morgan fingerprint density at radius 2 is 1.28 bits per heavy atom. The van der Waals surface area contributed by atoms with E-state index in [-0.39, 0.29) is 0 Å². The van der Waals surface area contributed by atoms with Crippen molar-refractivity contribution >= 4 is 23.7 Å². The third-order valence-electron chi connectivity index (χ3n) is 5.28. The molecule has 19 heteroatoms. The number of rotatable bonds is 4. The van der Waals surface area contributed by atoms with Crippen LogP contribution in [-0.2, 0) is 27.5 Å². The molecule has 2 aromatic heterocycles. The topological polar surface area (TPSA) is 144 Å². The van der Waals surface area contributed by atoms with E-state index in [9.17, 15) is 39.5 Å². The molecule has 43 heavy (non-hydrogen) atoms. The van der Waals surface area contributed by atoms with Crippen molar-refractivity contribution < 1.29 is 69.2 Å². The van der Waals surface area contributed by atoms with Gasteiger partial charge in [0.2, 0.25) is 0 Å². The van der Waals surface area contributed by atoms with Crippen LogP contribution in [0.4, 0.5) is 45.3 Å². The zero-order valence-electron chi connectivity index (χ0n) is 21.8. The summed E-state index contributed by atoms with van der Waals surface area (Å²) in [6, 6.07) is 8.43. The second-order valence-electron chi connectivity index (χ2n) is 8.86. The molecule has 0 spiro atoms. The van der Waals surface area contributed by atoms with Crippen molar-refractivity contribution in [2.24, 2.45) is 5.92 Å². The van der Waals surface area contributed by atoms with Crippen molar-refractivity contribution in [2.75, 3.05) is 24.5 Å². The van der Waals surface area contributed by atoms with Crippen LogP contribution in [0.5, 0.6) is 0 Å². The van der Waals surface area contributed by atoms with E-state index in [0.29, 0.717) is 0 Å².